The van der Waals surface area contributed by atoms with Crippen LogP contribution in [-0.4, -0.2) is 4.57 Å². The first-order chi connectivity index (χ1) is 6.81. The molecule has 1 heteroatoms. The van der Waals surface area contributed by atoms with Crippen LogP contribution >= 0.6 is 0 Å². The summed E-state index contributed by atoms with van der Waals surface area (Å²) in [5.74, 6) is 0. The van der Waals surface area contributed by atoms with Gasteiger partial charge in [0.25, 0.3) is 0 Å². The smallest absolute Gasteiger partial charge is 0.0330 e. The van der Waals surface area contributed by atoms with Crippen molar-refractivity contribution in [3.63, 3.8) is 0 Å². The van der Waals surface area contributed by atoms with Crippen LogP contribution in [0.5, 0.6) is 0 Å². The summed E-state index contributed by atoms with van der Waals surface area (Å²) in [5, 5.41) is 0. The molecule has 0 spiro atoms. The molecule has 80 valence electrons. The van der Waals surface area contributed by atoms with E-state index in [-0.39, 0.29) is 0 Å². The van der Waals surface area contributed by atoms with Crippen molar-refractivity contribution in [1.82, 2.24) is 4.57 Å². The summed E-state index contributed by atoms with van der Waals surface area (Å²) in [6.45, 7) is 6.76. The number of aryl methyl sites for hydroxylation is 1. The molecule has 0 aliphatic heterocycles. The van der Waals surface area contributed by atoms with Crippen molar-refractivity contribution in [3.05, 3.63) is 24.0 Å². The third-order valence-electron chi connectivity index (χ3n) is 2.85. The van der Waals surface area contributed by atoms with Crippen LogP contribution < -0.4 is 0 Å². The van der Waals surface area contributed by atoms with Crippen LogP contribution in [0.3, 0.4) is 0 Å². The molecule has 14 heavy (non-hydrogen) atoms. The van der Waals surface area contributed by atoms with Gasteiger partial charge in [0.1, 0.15) is 0 Å². The van der Waals surface area contributed by atoms with Gasteiger partial charge < -0.3 is 4.57 Å². The Morgan fingerprint density at radius 3 is 2.21 bits per heavy atom. The number of hydrogen-bond acceptors (Lipinski definition) is 0. The Morgan fingerprint density at radius 2 is 1.79 bits per heavy atom. The molecule has 1 aromatic rings. The first kappa shape index (κ1) is 11.4. The predicted molar refractivity (Wildman–Crippen MR) is 62.7 cm³/mol. The maximum Gasteiger partial charge on any atom is 0.0330 e. The highest BCUT2D eigenvalue weighted by Gasteiger charge is 2.08. The maximum atomic E-state index is 2.41. The SMILES string of the molecule is CCCC(CCC)n1ccc(CC)c1. The molecule has 1 nitrogen and oxygen atoms in total. The molecule has 0 aliphatic carbocycles. The van der Waals surface area contributed by atoms with E-state index in [1.54, 1.807) is 0 Å². The van der Waals surface area contributed by atoms with Gasteiger partial charge in [0, 0.05) is 18.4 Å². The Kier molecular flexibility index (Phi) is 4.78. The van der Waals surface area contributed by atoms with Crippen molar-refractivity contribution in [3.8, 4) is 0 Å². The Hall–Kier alpha value is -0.720. The molecule has 0 unspecified atom stereocenters. The summed E-state index contributed by atoms with van der Waals surface area (Å²) in [7, 11) is 0. The largest absolute Gasteiger partial charge is 0.351 e. The quantitative estimate of drug-likeness (QED) is 0.638. The standard InChI is InChI=1S/C13H23N/c1-4-7-13(8-5-2)14-10-9-12(6-3)11-14/h9-11,13H,4-8H2,1-3H3. The third-order valence-corrected chi connectivity index (χ3v) is 2.85. The van der Waals surface area contributed by atoms with Gasteiger partial charge in [0.15, 0.2) is 0 Å². The van der Waals surface area contributed by atoms with Crippen molar-refractivity contribution in [1.29, 1.82) is 0 Å². The van der Waals surface area contributed by atoms with Gasteiger partial charge in [-0.05, 0) is 30.9 Å². The molecule has 0 aromatic carbocycles. The maximum absolute atomic E-state index is 2.41. The lowest BCUT2D eigenvalue weighted by molar-refractivity contribution is 0.427. The average Bonchev–Trinajstić information content (AvgIpc) is 2.65. The third kappa shape index (κ3) is 2.90. The second kappa shape index (κ2) is 5.90. The highest BCUT2D eigenvalue weighted by molar-refractivity contribution is 5.10. The number of rotatable bonds is 6. The zero-order valence-corrected chi connectivity index (χ0v) is 9.79. The van der Waals surface area contributed by atoms with Gasteiger partial charge in [-0.15, -0.1) is 0 Å². The molecule has 1 rings (SSSR count). The molecule has 1 aromatic heterocycles. The zero-order chi connectivity index (χ0) is 10.4. The lowest BCUT2D eigenvalue weighted by Gasteiger charge is -2.17. The van der Waals surface area contributed by atoms with Crippen molar-refractivity contribution in [2.45, 2.75) is 58.9 Å². The fraction of sp³-hybridized carbons (Fsp3) is 0.692. The van der Waals surface area contributed by atoms with Crippen LogP contribution in [-0.2, 0) is 6.42 Å². The molecular weight excluding hydrogens is 170 g/mol. The lowest BCUT2D eigenvalue weighted by atomic mass is 10.1. The molecule has 0 bridgehead atoms. The van der Waals surface area contributed by atoms with Gasteiger partial charge in [0.2, 0.25) is 0 Å². The molecule has 0 saturated carbocycles. The fourth-order valence-electron chi connectivity index (χ4n) is 2.00. The molecule has 0 fully saturated rings. The summed E-state index contributed by atoms with van der Waals surface area (Å²) >= 11 is 0. The minimum Gasteiger partial charge on any atom is -0.351 e. The minimum absolute atomic E-state index is 0.727. The summed E-state index contributed by atoms with van der Waals surface area (Å²) < 4.78 is 2.41. The van der Waals surface area contributed by atoms with Gasteiger partial charge in [0.05, 0.1) is 0 Å². The molecule has 0 aliphatic rings. The van der Waals surface area contributed by atoms with Crippen molar-refractivity contribution < 1.29 is 0 Å². The van der Waals surface area contributed by atoms with E-state index >= 15 is 0 Å². The Labute approximate surface area is 88.1 Å². The monoisotopic (exact) mass is 193 g/mol. The normalized spacial score (nSPS) is 11.1. The second-order valence-corrected chi connectivity index (χ2v) is 4.05. The molecule has 1 heterocycles. The Bertz CT molecular complexity index is 243. The highest BCUT2D eigenvalue weighted by atomic mass is 15.0. The van der Waals surface area contributed by atoms with Gasteiger partial charge >= 0.3 is 0 Å². The molecule has 0 radical (unpaired) electrons. The summed E-state index contributed by atoms with van der Waals surface area (Å²) in [6.07, 6.45) is 10.9. The second-order valence-electron chi connectivity index (χ2n) is 4.05. The van der Waals surface area contributed by atoms with E-state index in [1.807, 2.05) is 0 Å². The number of hydrogen-bond donors (Lipinski definition) is 0. The van der Waals surface area contributed by atoms with Crippen molar-refractivity contribution in [2.24, 2.45) is 0 Å². The van der Waals surface area contributed by atoms with E-state index in [1.165, 1.54) is 31.2 Å². The van der Waals surface area contributed by atoms with E-state index in [2.05, 4.69) is 43.8 Å². The van der Waals surface area contributed by atoms with Crippen molar-refractivity contribution in [2.75, 3.05) is 0 Å². The first-order valence-corrected chi connectivity index (χ1v) is 5.98. The fourth-order valence-corrected chi connectivity index (χ4v) is 2.00. The molecule has 0 N–H and O–H groups in total. The van der Waals surface area contributed by atoms with E-state index in [4.69, 9.17) is 0 Å². The average molecular weight is 193 g/mol. The Morgan fingerprint density at radius 1 is 1.14 bits per heavy atom. The van der Waals surface area contributed by atoms with Gasteiger partial charge in [-0.2, -0.15) is 0 Å². The molecule has 0 atom stereocenters. The predicted octanol–water partition coefficient (Wildman–Crippen LogP) is 4.19. The highest BCUT2D eigenvalue weighted by Crippen LogP contribution is 2.21. The van der Waals surface area contributed by atoms with Gasteiger partial charge in [-0.3, -0.25) is 0 Å². The summed E-state index contributed by atoms with van der Waals surface area (Å²) in [5.41, 5.74) is 1.46. The molecule has 0 amide bonds. The summed E-state index contributed by atoms with van der Waals surface area (Å²) in [4.78, 5) is 0. The van der Waals surface area contributed by atoms with Gasteiger partial charge in [-0.1, -0.05) is 33.6 Å². The van der Waals surface area contributed by atoms with Crippen LogP contribution in [0.1, 0.15) is 58.1 Å². The summed E-state index contributed by atoms with van der Waals surface area (Å²) in [6, 6.07) is 2.98. The van der Waals surface area contributed by atoms with E-state index in [9.17, 15) is 0 Å². The van der Waals surface area contributed by atoms with Crippen molar-refractivity contribution >= 4 is 0 Å². The van der Waals surface area contributed by atoms with Crippen LogP contribution in [0, 0.1) is 0 Å². The van der Waals surface area contributed by atoms with Crippen LogP contribution in [0.25, 0.3) is 0 Å². The van der Waals surface area contributed by atoms with Crippen LogP contribution in [0.4, 0.5) is 0 Å². The van der Waals surface area contributed by atoms with Crippen LogP contribution in [0.15, 0.2) is 18.5 Å². The van der Waals surface area contributed by atoms with E-state index in [0.717, 1.165) is 12.5 Å². The number of aromatic nitrogens is 1. The first-order valence-electron chi connectivity index (χ1n) is 5.98. The molecular formula is C13H23N. The topological polar surface area (TPSA) is 4.93 Å². The van der Waals surface area contributed by atoms with E-state index < -0.39 is 0 Å². The van der Waals surface area contributed by atoms with Gasteiger partial charge in [-0.25, -0.2) is 0 Å². The van der Waals surface area contributed by atoms with E-state index in [0.29, 0.717) is 0 Å². The minimum atomic E-state index is 0.727. The van der Waals surface area contributed by atoms with Crippen LogP contribution in [0.2, 0.25) is 0 Å². The molecule has 0 saturated heterocycles. The Balaban J connectivity index is 2.65. The zero-order valence-electron chi connectivity index (χ0n) is 9.79. The lowest BCUT2D eigenvalue weighted by Crippen LogP contribution is -2.06. The number of nitrogens with zero attached hydrogens (tertiary/aromatic N) is 1.